The van der Waals surface area contributed by atoms with Crippen molar-refractivity contribution in [1.29, 1.82) is 0 Å². The van der Waals surface area contributed by atoms with Crippen molar-refractivity contribution in [2.24, 2.45) is 0 Å². The number of benzene rings is 4. The van der Waals surface area contributed by atoms with Crippen LogP contribution in [0.15, 0.2) is 235 Å². The summed E-state index contributed by atoms with van der Waals surface area (Å²) in [4.78, 5) is 1.24. The minimum absolute atomic E-state index is 1.01. The molecule has 0 radical (unpaired) electrons. The molecule has 56 heavy (non-hydrogen) atoms. The van der Waals surface area contributed by atoms with Gasteiger partial charge in [-0.05, 0) is 127 Å². The van der Waals surface area contributed by atoms with Gasteiger partial charge in [-0.15, -0.1) is 11.8 Å². The number of thioether (sulfide) groups is 1. The number of hydrogen-bond acceptors (Lipinski definition) is 2. The van der Waals surface area contributed by atoms with Crippen molar-refractivity contribution >= 4 is 34.2 Å². The topological polar surface area (TPSA) is 12.0 Å². The molecule has 0 saturated heterocycles. The van der Waals surface area contributed by atoms with Crippen molar-refractivity contribution in [3.05, 3.63) is 247 Å². The van der Waals surface area contributed by atoms with Gasteiger partial charge in [-0.2, -0.15) is 0 Å². The third kappa shape index (κ3) is 13.0. The third-order valence-corrected chi connectivity index (χ3v) is 10.00. The second-order valence-corrected chi connectivity index (χ2v) is 14.1. The molecule has 4 aromatic rings. The molecule has 1 N–H and O–H groups in total. The van der Waals surface area contributed by atoms with Crippen LogP contribution in [0.2, 0.25) is 0 Å². The molecule has 0 spiro atoms. The van der Waals surface area contributed by atoms with Crippen molar-refractivity contribution in [2.75, 3.05) is 11.6 Å². The monoisotopic (exact) mass is 749 g/mol. The fourth-order valence-electron chi connectivity index (χ4n) is 5.96. The predicted molar refractivity (Wildman–Crippen MR) is 253 cm³/mol. The quantitative estimate of drug-likeness (QED) is 0.0852. The van der Waals surface area contributed by atoms with E-state index in [1.54, 1.807) is 11.8 Å². The van der Waals surface area contributed by atoms with Crippen LogP contribution in [-0.2, 0) is 0 Å². The Balaban J connectivity index is 1.46. The van der Waals surface area contributed by atoms with E-state index in [9.17, 15) is 0 Å². The van der Waals surface area contributed by atoms with Crippen LogP contribution in [0.1, 0.15) is 51.3 Å². The molecule has 0 amide bonds. The zero-order valence-electron chi connectivity index (χ0n) is 33.8. The van der Waals surface area contributed by atoms with E-state index in [0.717, 1.165) is 50.4 Å². The van der Waals surface area contributed by atoms with Crippen LogP contribution in [-0.4, -0.2) is 6.26 Å². The van der Waals surface area contributed by atoms with Crippen LogP contribution in [0.25, 0.3) is 27.8 Å². The van der Waals surface area contributed by atoms with Gasteiger partial charge >= 0.3 is 0 Å². The molecular weight excluding hydrogens is 695 g/mol. The normalized spacial score (nSPS) is 13.8. The highest BCUT2D eigenvalue weighted by molar-refractivity contribution is 7.98. The van der Waals surface area contributed by atoms with Gasteiger partial charge in [0.05, 0.1) is 0 Å². The standard InChI is InChI=1S/C54H55NS/c1-9-12-14-35-53(44(7)47-28-15-13-16-29-47)55-51-33-23-32-50(40-51)49-31-22-30-48(39-49)46(11-3)38-37-42(5)45(10-2)27-18-17-24-41(4)25-21-26-43(6)52-34-19-20-36-54(52)56-8/h9-40,55H,3,6H2,1-2,4-5,7-8H3/b12-9-,24-17+,26-21-,27-18-,35-14-,41-25+,42-37+,45-10+,46-38+,53-44-. The van der Waals surface area contributed by atoms with Gasteiger partial charge in [0, 0.05) is 16.3 Å². The van der Waals surface area contributed by atoms with Gasteiger partial charge in [0.1, 0.15) is 0 Å². The Hall–Kier alpha value is -6.09. The second kappa shape index (κ2) is 23.0. The average molecular weight is 750 g/mol. The van der Waals surface area contributed by atoms with Crippen LogP contribution >= 0.6 is 11.8 Å². The van der Waals surface area contributed by atoms with Gasteiger partial charge in [0.15, 0.2) is 0 Å². The molecule has 0 aliphatic rings. The molecule has 0 bridgehead atoms. The fraction of sp³-hybridized carbons (Fsp3) is 0.111. The van der Waals surface area contributed by atoms with Crippen LogP contribution in [0.4, 0.5) is 5.69 Å². The number of allylic oxidation sites excluding steroid dienone is 21. The summed E-state index contributed by atoms with van der Waals surface area (Å²) in [5, 5.41) is 3.69. The van der Waals surface area contributed by atoms with Gasteiger partial charge in [-0.1, -0.05) is 183 Å². The van der Waals surface area contributed by atoms with Gasteiger partial charge in [-0.3, -0.25) is 0 Å². The van der Waals surface area contributed by atoms with Crippen LogP contribution in [0, 0.1) is 0 Å². The van der Waals surface area contributed by atoms with Crippen molar-refractivity contribution in [3.63, 3.8) is 0 Å². The van der Waals surface area contributed by atoms with Crippen molar-refractivity contribution < 1.29 is 0 Å². The maximum Gasteiger partial charge on any atom is 0.0419 e. The molecule has 0 unspecified atom stereocenters. The highest BCUT2D eigenvalue weighted by atomic mass is 32.2. The Morgan fingerprint density at radius 1 is 0.643 bits per heavy atom. The number of hydrogen-bond donors (Lipinski definition) is 1. The van der Waals surface area contributed by atoms with Crippen LogP contribution in [0.3, 0.4) is 0 Å². The van der Waals surface area contributed by atoms with E-state index in [1.165, 1.54) is 27.2 Å². The Kier molecular flexibility index (Phi) is 17.5. The molecule has 0 aromatic heterocycles. The zero-order valence-corrected chi connectivity index (χ0v) is 34.6. The summed E-state index contributed by atoms with van der Waals surface area (Å²) in [5.74, 6) is 0. The number of nitrogens with one attached hydrogen (secondary N) is 1. The number of rotatable bonds is 17. The number of anilines is 1. The molecule has 0 fully saturated rings. The first-order valence-electron chi connectivity index (χ1n) is 19.0. The molecule has 0 saturated carbocycles. The van der Waals surface area contributed by atoms with E-state index in [-0.39, 0.29) is 0 Å². The van der Waals surface area contributed by atoms with Crippen molar-refractivity contribution in [1.82, 2.24) is 0 Å². The summed E-state index contributed by atoms with van der Waals surface area (Å²) in [5.41, 5.74) is 14.6. The third-order valence-electron chi connectivity index (χ3n) is 9.20. The van der Waals surface area contributed by atoms with E-state index in [0.29, 0.717) is 0 Å². The minimum Gasteiger partial charge on any atom is -0.355 e. The summed E-state index contributed by atoms with van der Waals surface area (Å²) in [7, 11) is 0. The largest absolute Gasteiger partial charge is 0.355 e. The van der Waals surface area contributed by atoms with Crippen molar-refractivity contribution in [2.45, 2.75) is 39.5 Å². The Labute approximate surface area is 341 Å². The summed E-state index contributed by atoms with van der Waals surface area (Å²) < 4.78 is 0. The van der Waals surface area contributed by atoms with E-state index < -0.39 is 0 Å². The lowest BCUT2D eigenvalue weighted by atomic mass is 9.97. The van der Waals surface area contributed by atoms with Gasteiger partial charge in [0.25, 0.3) is 0 Å². The maximum absolute atomic E-state index is 4.26. The van der Waals surface area contributed by atoms with E-state index in [4.69, 9.17) is 0 Å². The molecule has 0 atom stereocenters. The first-order valence-corrected chi connectivity index (χ1v) is 20.2. The molecule has 1 nitrogen and oxygen atoms in total. The Bertz CT molecular complexity index is 2280. The van der Waals surface area contributed by atoms with Gasteiger partial charge < -0.3 is 5.32 Å². The van der Waals surface area contributed by atoms with E-state index in [2.05, 4.69) is 222 Å². The van der Waals surface area contributed by atoms with Gasteiger partial charge in [0.2, 0.25) is 0 Å². The summed E-state index contributed by atoms with van der Waals surface area (Å²) in [6.45, 7) is 18.9. The molecule has 4 rings (SSSR count). The Morgan fingerprint density at radius 3 is 2.05 bits per heavy atom. The second-order valence-electron chi connectivity index (χ2n) is 13.2. The summed E-state index contributed by atoms with van der Waals surface area (Å²) >= 11 is 1.74. The molecule has 0 aliphatic carbocycles. The fourth-order valence-corrected chi connectivity index (χ4v) is 6.60. The minimum atomic E-state index is 1.01. The molecule has 0 aliphatic heterocycles. The molecule has 282 valence electrons. The highest BCUT2D eigenvalue weighted by Gasteiger charge is 2.07. The summed E-state index contributed by atoms with van der Waals surface area (Å²) in [6.07, 6.45) is 33.4. The molecule has 0 heterocycles. The first kappa shape index (κ1) is 42.6. The lowest BCUT2D eigenvalue weighted by Crippen LogP contribution is -2.00. The lowest BCUT2D eigenvalue weighted by molar-refractivity contribution is 1.40. The molecule has 4 aromatic carbocycles. The highest BCUT2D eigenvalue weighted by Crippen LogP contribution is 2.29. The lowest BCUT2D eigenvalue weighted by Gasteiger charge is -2.14. The first-order chi connectivity index (χ1) is 27.3. The smallest absolute Gasteiger partial charge is 0.0419 e. The molecular formula is C54H55NS. The van der Waals surface area contributed by atoms with Crippen LogP contribution < -0.4 is 5.32 Å². The van der Waals surface area contributed by atoms with E-state index >= 15 is 0 Å². The van der Waals surface area contributed by atoms with E-state index in [1.807, 2.05) is 31.2 Å². The zero-order chi connectivity index (χ0) is 40.1. The SMILES string of the molecule is C=C\C(=C/C=C(C)/C(/C=C\C=C\C(C)=C\C=C/C(=C)c1ccccc1SC)=C/C)c1cccc(-c2cccc(NC(/C=C\C=C/C)=C(/C)c3ccccc3)c2)c1. The predicted octanol–water partition coefficient (Wildman–Crippen LogP) is 15.8. The van der Waals surface area contributed by atoms with Crippen molar-refractivity contribution in [3.8, 4) is 11.1 Å². The van der Waals surface area contributed by atoms with Crippen LogP contribution in [0.5, 0.6) is 0 Å². The average Bonchev–Trinajstić information content (AvgIpc) is 3.23. The molecule has 2 heteroatoms. The Morgan fingerprint density at radius 2 is 1.32 bits per heavy atom. The maximum atomic E-state index is 4.26. The van der Waals surface area contributed by atoms with Gasteiger partial charge in [-0.25, -0.2) is 0 Å². The summed E-state index contributed by atoms with van der Waals surface area (Å²) in [6, 6.07) is 36.1.